The van der Waals surface area contributed by atoms with Crippen molar-refractivity contribution in [2.75, 3.05) is 5.32 Å². The molecule has 17 heavy (non-hydrogen) atoms. The second-order valence-electron chi connectivity index (χ2n) is 4.01. The highest BCUT2D eigenvalue weighted by molar-refractivity contribution is 5.78. The van der Waals surface area contributed by atoms with Crippen molar-refractivity contribution in [1.82, 2.24) is 0 Å². The van der Waals surface area contributed by atoms with Gasteiger partial charge >= 0.3 is 0 Å². The molecule has 0 unspecified atom stereocenters. The van der Waals surface area contributed by atoms with Gasteiger partial charge < -0.3 is 5.32 Å². The standard InChI is InChI=1S/C16H17N/c1-3-16(15-12-8-7-9-13(15)2)17-14-10-5-4-6-11-14/h3-12,17H,1-2H3/b16-3-. The summed E-state index contributed by atoms with van der Waals surface area (Å²) < 4.78 is 0. The summed E-state index contributed by atoms with van der Waals surface area (Å²) in [6.45, 7) is 4.18. The van der Waals surface area contributed by atoms with Crippen LogP contribution in [-0.2, 0) is 0 Å². The zero-order chi connectivity index (χ0) is 12.1. The number of hydrogen-bond donors (Lipinski definition) is 1. The summed E-state index contributed by atoms with van der Waals surface area (Å²) in [5.41, 5.74) is 4.79. The normalized spacial score (nSPS) is 11.3. The van der Waals surface area contributed by atoms with E-state index < -0.39 is 0 Å². The van der Waals surface area contributed by atoms with E-state index in [1.165, 1.54) is 11.1 Å². The average Bonchev–Trinajstić information content (AvgIpc) is 2.38. The Morgan fingerprint density at radius 3 is 2.24 bits per heavy atom. The molecule has 0 saturated heterocycles. The molecule has 0 heterocycles. The molecule has 1 nitrogen and oxygen atoms in total. The van der Waals surface area contributed by atoms with Crippen LogP contribution in [0.4, 0.5) is 5.69 Å². The van der Waals surface area contributed by atoms with Crippen molar-refractivity contribution in [1.29, 1.82) is 0 Å². The first-order valence-electron chi connectivity index (χ1n) is 5.85. The lowest BCUT2D eigenvalue weighted by Crippen LogP contribution is -2.00. The van der Waals surface area contributed by atoms with Crippen LogP contribution >= 0.6 is 0 Å². The Morgan fingerprint density at radius 2 is 1.59 bits per heavy atom. The van der Waals surface area contributed by atoms with E-state index in [1.54, 1.807) is 0 Å². The van der Waals surface area contributed by atoms with Crippen LogP contribution in [0.2, 0.25) is 0 Å². The molecule has 0 aliphatic carbocycles. The second-order valence-corrected chi connectivity index (χ2v) is 4.01. The van der Waals surface area contributed by atoms with Crippen LogP contribution in [0.5, 0.6) is 0 Å². The van der Waals surface area contributed by atoms with Gasteiger partial charge in [-0.2, -0.15) is 0 Å². The van der Waals surface area contributed by atoms with E-state index in [0.717, 1.165) is 11.4 Å². The molecule has 0 aliphatic heterocycles. The van der Waals surface area contributed by atoms with E-state index in [-0.39, 0.29) is 0 Å². The fraction of sp³-hybridized carbons (Fsp3) is 0.125. The van der Waals surface area contributed by atoms with E-state index >= 15 is 0 Å². The zero-order valence-corrected chi connectivity index (χ0v) is 10.3. The number of allylic oxidation sites excluding steroid dienone is 1. The monoisotopic (exact) mass is 223 g/mol. The van der Waals surface area contributed by atoms with Gasteiger partial charge in [0, 0.05) is 16.9 Å². The van der Waals surface area contributed by atoms with Crippen molar-refractivity contribution < 1.29 is 0 Å². The van der Waals surface area contributed by atoms with E-state index in [9.17, 15) is 0 Å². The smallest absolute Gasteiger partial charge is 0.0417 e. The van der Waals surface area contributed by atoms with Crippen LogP contribution in [0.15, 0.2) is 60.7 Å². The summed E-state index contributed by atoms with van der Waals surface area (Å²) in [6.07, 6.45) is 2.11. The van der Waals surface area contributed by atoms with Gasteiger partial charge in [0.15, 0.2) is 0 Å². The van der Waals surface area contributed by atoms with Crippen molar-refractivity contribution in [3.05, 3.63) is 71.8 Å². The molecular weight excluding hydrogens is 206 g/mol. The molecule has 0 aromatic heterocycles. The third-order valence-electron chi connectivity index (χ3n) is 2.78. The van der Waals surface area contributed by atoms with Gasteiger partial charge in [-0.3, -0.25) is 0 Å². The number of hydrogen-bond acceptors (Lipinski definition) is 1. The fourth-order valence-corrected chi connectivity index (χ4v) is 1.85. The zero-order valence-electron chi connectivity index (χ0n) is 10.3. The first-order chi connectivity index (χ1) is 8.31. The number of benzene rings is 2. The largest absolute Gasteiger partial charge is 0.355 e. The highest BCUT2D eigenvalue weighted by Crippen LogP contribution is 2.20. The van der Waals surface area contributed by atoms with Gasteiger partial charge in [0.05, 0.1) is 0 Å². The lowest BCUT2D eigenvalue weighted by atomic mass is 10.1. The van der Waals surface area contributed by atoms with Crippen molar-refractivity contribution in [2.45, 2.75) is 13.8 Å². The van der Waals surface area contributed by atoms with Gasteiger partial charge in [-0.1, -0.05) is 48.5 Å². The SMILES string of the molecule is C/C=C(\Nc1ccccc1)c1ccccc1C. The highest BCUT2D eigenvalue weighted by Gasteiger charge is 2.03. The van der Waals surface area contributed by atoms with Crippen molar-refractivity contribution in [2.24, 2.45) is 0 Å². The molecule has 1 heteroatoms. The topological polar surface area (TPSA) is 12.0 Å². The molecule has 0 fully saturated rings. The third-order valence-corrected chi connectivity index (χ3v) is 2.78. The summed E-state index contributed by atoms with van der Waals surface area (Å²) in [7, 11) is 0. The minimum atomic E-state index is 1.11. The van der Waals surface area contributed by atoms with Crippen molar-refractivity contribution in [3.63, 3.8) is 0 Å². The maximum absolute atomic E-state index is 3.45. The summed E-state index contributed by atoms with van der Waals surface area (Å²) in [6, 6.07) is 18.6. The number of aryl methyl sites for hydroxylation is 1. The summed E-state index contributed by atoms with van der Waals surface area (Å²) >= 11 is 0. The molecule has 0 aliphatic rings. The molecule has 0 spiro atoms. The van der Waals surface area contributed by atoms with Crippen LogP contribution < -0.4 is 5.32 Å². The van der Waals surface area contributed by atoms with Gasteiger partial charge in [0.1, 0.15) is 0 Å². The van der Waals surface area contributed by atoms with Gasteiger partial charge in [-0.05, 0) is 31.5 Å². The van der Waals surface area contributed by atoms with Crippen LogP contribution in [-0.4, -0.2) is 0 Å². The summed E-state index contributed by atoms with van der Waals surface area (Å²) in [5.74, 6) is 0. The molecule has 2 aromatic rings. The van der Waals surface area contributed by atoms with Crippen LogP contribution in [0, 0.1) is 6.92 Å². The number of nitrogens with one attached hydrogen (secondary N) is 1. The van der Waals surface area contributed by atoms with Crippen LogP contribution in [0.1, 0.15) is 18.1 Å². The van der Waals surface area contributed by atoms with Gasteiger partial charge in [0.2, 0.25) is 0 Å². The molecule has 0 saturated carbocycles. The predicted octanol–water partition coefficient (Wildman–Crippen LogP) is 4.47. The maximum Gasteiger partial charge on any atom is 0.0417 e. The quantitative estimate of drug-likeness (QED) is 0.809. The highest BCUT2D eigenvalue weighted by atomic mass is 14.9. The lowest BCUT2D eigenvalue weighted by molar-refractivity contribution is 1.40. The van der Waals surface area contributed by atoms with E-state index in [1.807, 2.05) is 18.2 Å². The lowest BCUT2D eigenvalue weighted by Gasteiger charge is -2.13. The van der Waals surface area contributed by atoms with Crippen LogP contribution in [0.3, 0.4) is 0 Å². The Labute approximate surface area is 103 Å². The molecule has 0 bridgehead atoms. The first-order valence-corrected chi connectivity index (χ1v) is 5.85. The van der Waals surface area contributed by atoms with Crippen molar-refractivity contribution in [3.8, 4) is 0 Å². The van der Waals surface area contributed by atoms with Crippen LogP contribution in [0.25, 0.3) is 5.70 Å². The third kappa shape index (κ3) is 2.76. The molecule has 86 valence electrons. The minimum Gasteiger partial charge on any atom is -0.355 e. The molecule has 2 rings (SSSR count). The minimum absolute atomic E-state index is 1.11. The molecule has 1 N–H and O–H groups in total. The molecule has 0 radical (unpaired) electrons. The molecule has 0 atom stereocenters. The summed E-state index contributed by atoms with van der Waals surface area (Å²) in [5, 5.41) is 3.45. The van der Waals surface area contributed by atoms with Gasteiger partial charge in [0.25, 0.3) is 0 Å². The Bertz CT molecular complexity index is 512. The Hall–Kier alpha value is -2.02. The second kappa shape index (κ2) is 5.35. The van der Waals surface area contributed by atoms with E-state index in [0.29, 0.717) is 0 Å². The molecule has 0 amide bonds. The Morgan fingerprint density at radius 1 is 0.941 bits per heavy atom. The predicted molar refractivity (Wildman–Crippen MR) is 74.9 cm³/mol. The number of para-hydroxylation sites is 1. The first kappa shape index (κ1) is 11.5. The van der Waals surface area contributed by atoms with E-state index in [4.69, 9.17) is 0 Å². The van der Waals surface area contributed by atoms with Crippen molar-refractivity contribution >= 4 is 11.4 Å². The van der Waals surface area contributed by atoms with Gasteiger partial charge in [-0.15, -0.1) is 0 Å². The van der Waals surface area contributed by atoms with Gasteiger partial charge in [-0.25, -0.2) is 0 Å². The maximum atomic E-state index is 3.45. The Balaban J connectivity index is 2.28. The molecule has 2 aromatic carbocycles. The molecular formula is C16H17N. The Kier molecular flexibility index (Phi) is 3.61. The van der Waals surface area contributed by atoms with E-state index in [2.05, 4.69) is 61.6 Å². The fourth-order valence-electron chi connectivity index (χ4n) is 1.85. The average molecular weight is 223 g/mol. The number of anilines is 1. The summed E-state index contributed by atoms with van der Waals surface area (Å²) in [4.78, 5) is 0. The number of rotatable bonds is 3.